The van der Waals surface area contributed by atoms with Gasteiger partial charge in [-0.3, -0.25) is 0 Å². The molecule has 3 heteroatoms. The zero-order valence-electron chi connectivity index (χ0n) is 15.2. The summed E-state index contributed by atoms with van der Waals surface area (Å²) in [4.78, 5) is 3.83. The molecule has 2 aromatic carbocycles. The maximum Gasteiger partial charge on any atom is 0.0370 e. The lowest BCUT2D eigenvalue weighted by Gasteiger charge is -2.38. The van der Waals surface area contributed by atoms with Gasteiger partial charge in [0.05, 0.1) is 0 Å². The van der Waals surface area contributed by atoms with Crippen LogP contribution in [0, 0.1) is 0 Å². The molecule has 1 N–H and O–H groups in total. The van der Waals surface area contributed by atoms with Crippen molar-refractivity contribution >= 4 is 17.4 Å². The van der Waals surface area contributed by atoms with E-state index in [1.807, 2.05) is 11.8 Å². The highest BCUT2D eigenvalue weighted by Gasteiger charge is 2.20. The minimum Gasteiger partial charge on any atom is -0.365 e. The zero-order valence-corrected chi connectivity index (χ0v) is 16.0. The first kappa shape index (κ1) is 18.9. The fraction of sp³-hybridized carbons (Fsp3) is 0.429. The Balaban J connectivity index is 1.66. The van der Waals surface area contributed by atoms with Crippen molar-refractivity contribution in [3.05, 3.63) is 60.7 Å². The summed E-state index contributed by atoms with van der Waals surface area (Å²) >= 11 is 1.94. The van der Waals surface area contributed by atoms with Gasteiger partial charge in [-0.1, -0.05) is 36.4 Å². The van der Waals surface area contributed by atoms with Gasteiger partial charge in [0.2, 0.25) is 0 Å². The minimum atomic E-state index is 0.131. The van der Waals surface area contributed by atoms with Crippen LogP contribution in [0.4, 0.5) is 5.69 Å². The molecule has 0 aliphatic rings. The van der Waals surface area contributed by atoms with E-state index in [-0.39, 0.29) is 5.54 Å². The molecule has 130 valence electrons. The van der Waals surface area contributed by atoms with Crippen molar-refractivity contribution in [1.29, 1.82) is 0 Å². The average Bonchev–Trinajstić information content (AvgIpc) is 2.58. The molecule has 0 aromatic heterocycles. The summed E-state index contributed by atoms with van der Waals surface area (Å²) in [5, 5.41) is 3.59. The van der Waals surface area contributed by atoms with Crippen LogP contribution in [0.15, 0.2) is 65.6 Å². The van der Waals surface area contributed by atoms with Crippen LogP contribution in [-0.4, -0.2) is 30.9 Å². The van der Waals surface area contributed by atoms with E-state index in [2.05, 4.69) is 91.7 Å². The van der Waals surface area contributed by atoms with Crippen LogP contribution in [0.2, 0.25) is 0 Å². The third-order valence-corrected chi connectivity index (χ3v) is 5.00. The largest absolute Gasteiger partial charge is 0.365 e. The molecule has 0 saturated heterocycles. The third kappa shape index (κ3) is 6.58. The summed E-state index contributed by atoms with van der Waals surface area (Å²) in [6.45, 7) is 9.94. The molecule has 0 bridgehead atoms. The standard InChI is InChI=1S/C21H30N2S/c1-21(2,3)23(19-11-6-4-7-12-19)17-16-22-15-10-18-24-20-13-8-5-9-14-20/h4-9,11-14,22H,10,15-18H2,1-3H3. The second-order valence-electron chi connectivity index (χ2n) is 6.92. The van der Waals surface area contributed by atoms with Gasteiger partial charge in [0.25, 0.3) is 0 Å². The minimum absolute atomic E-state index is 0.131. The van der Waals surface area contributed by atoms with Crippen LogP contribution in [0.1, 0.15) is 27.2 Å². The summed E-state index contributed by atoms with van der Waals surface area (Å²) in [5.74, 6) is 1.17. The predicted molar refractivity (Wildman–Crippen MR) is 108 cm³/mol. The first-order chi connectivity index (χ1) is 11.6. The van der Waals surface area contributed by atoms with E-state index in [9.17, 15) is 0 Å². The zero-order chi connectivity index (χ0) is 17.3. The third-order valence-electron chi connectivity index (χ3n) is 3.90. The Bertz CT molecular complexity index is 563. The highest BCUT2D eigenvalue weighted by Crippen LogP contribution is 2.22. The van der Waals surface area contributed by atoms with Gasteiger partial charge in [0.15, 0.2) is 0 Å². The van der Waals surface area contributed by atoms with Crippen molar-refractivity contribution < 1.29 is 0 Å². The molecule has 0 fully saturated rings. The quantitative estimate of drug-likeness (QED) is 0.506. The maximum absolute atomic E-state index is 3.59. The number of hydrogen-bond acceptors (Lipinski definition) is 3. The van der Waals surface area contributed by atoms with Crippen molar-refractivity contribution in [2.75, 3.05) is 30.3 Å². The fourth-order valence-electron chi connectivity index (χ4n) is 2.68. The van der Waals surface area contributed by atoms with E-state index in [0.29, 0.717) is 0 Å². The monoisotopic (exact) mass is 342 g/mol. The van der Waals surface area contributed by atoms with Crippen molar-refractivity contribution in [2.45, 2.75) is 37.6 Å². The lowest BCUT2D eigenvalue weighted by Crippen LogP contribution is -2.45. The van der Waals surface area contributed by atoms with Gasteiger partial charge < -0.3 is 10.2 Å². The second-order valence-corrected chi connectivity index (χ2v) is 8.09. The smallest absolute Gasteiger partial charge is 0.0370 e. The van der Waals surface area contributed by atoms with Crippen molar-refractivity contribution in [3.63, 3.8) is 0 Å². The van der Waals surface area contributed by atoms with Gasteiger partial charge >= 0.3 is 0 Å². The second kappa shape index (κ2) is 9.75. The maximum atomic E-state index is 3.59. The van der Waals surface area contributed by atoms with Gasteiger partial charge in [-0.25, -0.2) is 0 Å². The average molecular weight is 343 g/mol. The van der Waals surface area contributed by atoms with Crippen molar-refractivity contribution in [2.24, 2.45) is 0 Å². The Morgan fingerprint density at radius 1 is 0.875 bits per heavy atom. The van der Waals surface area contributed by atoms with Gasteiger partial charge in [-0.05, 0) is 63.8 Å². The summed E-state index contributed by atoms with van der Waals surface area (Å²) < 4.78 is 0. The lowest BCUT2D eigenvalue weighted by atomic mass is 10.0. The van der Waals surface area contributed by atoms with Gasteiger partial charge in [0.1, 0.15) is 0 Å². The number of thioether (sulfide) groups is 1. The summed E-state index contributed by atoms with van der Waals surface area (Å²) in [6, 6.07) is 21.3. The predicted octanol–water partition coefficient (Wildman–Crippen LogP) is 5.06. The Hall–Kier alpha value is -1.45. The van der Waals surface area contributed by atoms with Crippen molar-refractivity contribution in [3.8, 4) is 0 Å². The molecule has 0 heterocycles. The molecule has 0 radical (unpaired) electrons. The molecule has 0 atom stereocenters. The van der Waals surface area contributed by atoms with E-state index >= 15 is 0 Å². The van der Waals surface area contributed by atoms with Crippen LogP contribution >= 0.6 is 11.8 Å². The first-order valence-electron chi connectivity index (χ1n) is 8.78. The SMILES string of the molecule is CC(C)(C)N(CCNCCCSc1ccccc1)c1ccccc1. The molecular formula is C21H30N2S. The number of nitrogens with one attached hydrogen (secondary N) is 1. The Morgan fingerprint density at radius 2 is 1.50 bits per heavy atom. The van der Waals surface area contributed by atoms with Crippen LogP contribution in [0.3, 0.4) is 0 Å². The molecule has 0 spiro atoms. The van der Waals surface area contributed by atoms with E-state index in [1.54, 1.807) is 0 Å². The number of rotatable bonds is 9. The van der Waals surface area contributed by atoms with Crippen LogP contribution < -0.4 is 10.2 Å². The lowest BCUT2D eigenvalue weighted by molar-refractivity contribution is 0.493. The summed E-state index contributed by atoms with van der Waals surface area (Å²) in [5.41, 5.74) is 1.43. The van der Waals surface area contributed by atoms with Crippen LogP contribution in [0.25, 0.3) is 0 Å². The highest BCUT2D eigenvalue weighted by molar-refractivity contribution is 7.99. The molecule has 2 aromatic rings. The van der Waals surface area contributed by atoms with Crippen molar-refractivity contribution in [1.82, 2.24) is 5.32 Å². The normalized spacial score (nSPS) is 11.5. The molecular weight excluding hydrogens is 312 g/mol. The van der Waals surface area contributed by atoms with Crippen LogP contribution in [-0.2, 0) is 0 Å². The fourth-order valence-corrected chi connectivity index (χ4v) is 3.55. The molecule has 0 unspecified atom stereocenters. The Labute approximate surface area is 151 Å². The van der Waals surface area contributed by atoms with E-state index in [1.165, 1.54) is 22.8 Å². The van der Waals surface area contributed by atoms with E-state index in [0.717, 1.165) is 19.6 Å². The van der Waals surface area contributed by atoms with Crippen LogP contribution in [0.5, 0.6) is 0 Å². The molecule has 0 saturated carbocycles. The molecule has 0 aliphatic carbocycles. The first-order valence-corrected chi connectivity index (χ1v) is 9.77. The van der Waals surface area contributed by atoms with Gasteiger partial charge in [-0.15, -0.1) is 11.8 Å². The number of hydrogen-bond donors (Lipinski definition) is 1. The molecule has 2 nitrogen and oxygen atoms in total. The molecule has 2 rings (SSSR count). The molecule has 24 heavy (non-hydrogen) atoms. The van der Waals surface area contributed by atoms with Gasteiger partial charge in [-0.2, -0.15) is 0 Å². The topological polar surface area (TPSA) is 15.3 Å². The number of benzene rings is 2. The van der Waals surface area contributed by atoms with E-state index < -0.39 is 0 Å². The number of nitrogens with zero attached hydrogens (tertiary/aromatic N) is 1. The Kier molecular flexibility index (Phi) is 7.67. The Morgan fingerprint density at radius 3 is 2.12 bits per heavy atom. The highest BCUT2D eigenvalue weighted by atomic mass is 32.2. The molecule has 0 aliphatic heterocycles. The number of anilines is 1. The summed E-state index contributed by atoms with van der Waals surface area (Å²) in [6.07, 6.45) is 1.19. The number of para-hydroxylation sites is 1. The van der Waals surface area contributed by atoms with E-state index in [4.69, 9.17) is 0 Å². The summed E-state index contributed by atoms with van der Waals surface area (Å²) in [7, 11) is 0. The van der Waals surface area contributed by atoms with Gasteiger partial charge in [0, 0.05) is 29.2 Å². The molecule has 0 amide bonds.